The number of carbonyl (C=O) groups is 1. The van der Waals surface area contributed by atoms with Crippen LogP contribution in [-0.4, -0.2) is 33.6 Å². The molecule has 1 atom stereocenters. The lowest BCUT2D eigenvalue weighted by atomic mass is 10.0. The molecule has 0 bridgehead atoms. The normalized spacial score (nSPS) is 14.6. The molecule has 1 unspecified atom stereocenters. The van der Waals surface area contributed by atoms with E-state index in [0.29, 0.717) is 30.4 Å². The highest BCUT2D eigenvalue weighted by Crippen LogP contribution is 2.32. The summed E-state index contributed by atoms with van der Waals surface area (Å²) in [6.07, 6.45) is 0. The average Bonchev–Trinajstić information content (AvgIpc) is 2.66. The molecule has 3 rings (SSSR count). The lowest BCUT2D eigenvalue weighted by Crippen LogP contribution is -2.47. The average molecular weight is 390 g/mol. The molecule has 7 nitrogen and oxygen atoms in total. The van der Waals surface area contributed by atoms with Crippen molar-refractivity contribution in [3.05, 3.63) is 48.5 Å². The third-order valence-electron chi connectivity index (χ3n) is 4.10. The van der Waals surface area contributed by atoms with Crippen LogP contribution in [0.4, 0.5) is 5.69 Å². The first kappa shape index (κ1) is 19.2. The minimum absolute atomic E-state index is 0.0184. The van der Waals surface area contributed by atoms with E-state index in [0.717, 1.165) is 0 Å². The topological polar surface area (TPSA) is 93.7 Å². The van der Waals surface area contributed by atoms with Gasteiger partial charge < -0.3 is 14.8 Å². The van der Waals surface area contributed by atoms with Crippen molar-refractivity contribution in [1.29, 1.82) is 0 Å². The molecular formula is C19H22N2O5S. The number of rotatable bonds is 6. The van der Waals surface area contributed by atoms with Gasteiger partial charge in [-0.05, 0) is 30.2 Å². The molecule has 0 saturated heterocycles. The molecule has 0 saturated carbocycles. The standard InChI is InChI=1S/C19H22N2O5S/c1-13(2)18(19(22)20-14-6-4-3-5-7-14)21-27(23,24)15-8-9-16-17(12-15)26-11-10-25-16/h3-9,12-13,18,21H,10-11H2,1-2H3,(H,20,22). The minimum atomic E-state index is -3.92. The zero-order valence-electron chi connectivity index (χ0n) is 15.1. The van der Waals surface area contributed by atoms with Crippen LogP contribution < -0.4 is 19.5 Å². The van der Waals surface area contributed by atoms with Gasteiger partial charge in [0.05, 0.1) is 4.90 Å². The van der Waals surface area contributed by atoms with Crippen molar-refractivity contribution < 1.29 is 22.7 Å². The number of nitrogens with one attached hydrogen (secondary N) is 2. The van der Waals surface area contributed by atoms with Crippen LogP contribution in [0, 0.1) is 5.92 Å². The van der Waals surface area contributed by atoms with E-state index in [1.165, 1.54) is 12.1 Å². The summed E-state index contributed by atoms with van der Waals surface area (Å²) in [7, 11) is -3.92. The van der Waals surface area contributed by atoms with E-state index < -0.39 is 22.0 Å². The molecule has 2 aromatic carbocycles. The Kier molecular flexibility index (Phi) is 5.67. The third kappa shape index (κ3) is 4.58. The zero-order chi connectivity index (χ0) is 19.4. The van der Waals surface area contributed by atoms with E-state index in [9.17, 15) is 13.2 Å². The molecule has 2 aromatic rings. The van der Waals surface area contributed by atoms with Gasteiger partial charge in [-0.15, -0.1) is 0 Å². The Morgan fingerprint density at radius 2 is 1.67 bits per heavy atom. The first-order valence-electron chi connectivity index (χ1n) is 8.65. The fourth-order valence-electron chi connectivity index (χ4n) is 2.66. The summed E-state index contributed by atoms with van der Waals surface area (Å²) >= 11 is 0. The van der Waals surface area contributed by atoms with E-state index in [4.69, 9.17) is 9.47 Å². The van der Waals surface area contributed by atoms with Crippen molar-refractivity contribution in [2.24, 2.45) is 5.92 Å². The number of sulfonamides is 1. The Morgan fingerprint density at radius 1 is 1.00 bits per heavy atom. The summed E-state index contributed by atoms with van der Waals surface area (Å²) in [5, 5.41) is 2.74. The van der Waals surface area contributed by atoms with Crippen molar-refractivity contribution in [2.45, 2.75) is 24.8 Å². The van der Waals surface area contributed by atoms with Gasteiger partial charge in [0.15, 0.2) is 11.5 Å². The van der Waals surface area contributed by atoms with Crippen LogP contribution >= 0.6 is 0 Å². The number of para-hydroxylation sites is 1. The zero-order valence-corrected chi connectivity index (χ0v) is 16.0. The van der Waals surface area contributed by atoms with Crippen molar-refractivity contribution in [2.75, 3.05) is 18.5 Å². The van der Waals surface area contributed by atoms with Gasteiger partial charge >= 0.3 is 0 Å². The maximum Gasteiger partial charge on any atom is 0.242 e. The highest BCUT2D eigenvalue weighted by molar-refractivity contribution is 7.89. The largest absolute Gasteiger partial charge is 0.486 e. The van der Waals surface area contributed by atoms with Gasteiger partial charge in [0.2, 0.25) is 15.9 Å². The van der Waals surface area contributed by atoms with Gasteiger partial charge in [0.25, 0.3) is 0 Å². The molecule has 0 radical (unpaired) electrons. The summed E-state index contributed by atoms with van der Waals surface area (Å²) in [5.74, 6) is 0.208. The molecule has 0 fully saturated rings. The van der Waals surface area contributed by atoms with E-state index >= 15 is 0 Å². The number of fused-ring (bicyclic) bond motifs is 1. The molecule has 8 heteroatoms. The Morgan fingerprint density at radius 3 is 2.33 bits per heavy atom. The van der Waals surface area contributed by atoms with Crippen LogP contribution in [0.1, 0.15) is 13.8 Å². The van der Waals surface area contributed by atoms with E-state index in [2.05, 4.69) is 10.0 Å². The molecule has 0 aromatic heterocycles. The maximum atomic E-state index is 12.8. The number of anilines is 1. The number of benzene rings is 2. The summed E-state index contributed by atoms with van der Waals surface area (Å²) < 4.78 is 39.0. The summed E-state index contributed by atoms with van der Waals surface area (Å²) in [6.45, 7) is 4.34. The first-order chi connectivity index (χ1) is 12.9. The number of hydrogen-bond acceptors (Lipinski definition) is 5. The van der Waals surface area contributed by atoms with E-state index in [1.807, 2.05) is 6.07 Å². The van der Waals surface area contributed by atoms with Gasteiger partial charge in [-0.2, -0.15) is 4.72 Å². The smallest absolute Gasteiger partial charge is 0.242 e. The van der Waals surface area contributed by atoms with Crippen molar-refractivity contribution in [3.8, 4) is 11.5 Å². The molecule has 1 amide bonds. The summed E-state index contributed by atoms with van der Waals surface area (Å²) in [5.41, 5.74) is 0.603. The van der Waals surface area contributed by atoms with E-state index in [1.54, 1.807) is 44.2 Å². The first-order valence-corrected chi connectivity index (χ1v) is 10.1. The Bertz CT molecular complexity index is 913. The minimum Gasteiger partial charge on any atom is -0.486 e. The van der Waals surface area contributed by atoms with Crippen LogP contribution in [0.25, 0.3) is 0 Å². The lowest BCUT2D eigenvalue weighted by Gasteiger charge is -2.23. The van der Waals surface area contributed by atoms with Crippen LogP contribution in [0.2, 0.25) is 0 Å². The van der Waals surface area contributed by atoms with Crippen molar-refractivity contribution in [3.63, 3.8) is 0 Å². The molecule has 1 aliphatic heterocycles. The van der Waals surface area contributed by atoms with E-state index in [-0.39, 0.29) is 10.8 Å². The molecule has 1 heterocycles. The third-order valence-corrected chi connectivity index (χ3v) is 5.54. The second kappa shape index (κ2) is 7.98. The highest BCUT2D eigenvalue weighted by Gasteiger charge is 2.29. The van der Waals surface area contributed by atoms with Crippen LogP contribution in [0.5, 0.6) is 11.5 Å². The van der Waals surface area contributed by atoms with Gasteiger partial charge in [-0.1, -0.05) is 32.0 Å². The summed E-state index contributed by atoms with van der Waals surface area (Å²) in [4.78, 5) is 12.6. The molecule has 27 heavy (non-hydrogen) atoms. The van der Waals surface area contributed by atoms with Gasteiger partial charge in [-0.25, -0.2) is 8.42 Å². The SMILES string of the molecule is CC(C)C(NS(=O)(=O)c1ccc2c(c1)OCCO2)C(=O)Nc1ccccc1. The second-order valence-corrected chi connectivity index (χ2v) is 8.22. The van der Waals surface area contributed by atoms with Crippen LogP contribution in [-0.2, 0) is 14.8 Å². The monoisotopic (exact) mass is 390 g/mol. The second-order valence-electron chi connectivity index (χ2n) is 6.50. The van der Waals surface area contributed by atoms with Crippen molar-refractivity contribution in [1.82, 2.24) is 4.72 Å². The van der Waals surface area contributed by atoms with Gasteiger partial charge in [0.1, 0.15) is 19.3 Å². The predicted molar refractivity (Wildman–Crippen MR) is 101 cm³/mol. The van der Waals surface area contributed by atoms with Gasteiger partial charge in [-0.3, -0.25) is 4.79 Å². The lowest BCUT2D eigenvalue weighted by molar-refractivity contribution is -0.118. The summed E-state index contributed by atoms with van der Waals surface area (Å²) in [6, 6.07) is 12.4. The Hall–Kier alpha value is -2.58. The molecule has 0 spiro atoms. The molecule has 1 aliphatic rings. The van der Waals surface area contributed by atoms with Crippen LogP contribution in [0.3, 0.4) is 0 Å². The van der Waals surface area contributed by atoms with Crippen LogP contribution in [0.15, 0.2) is 53.4 Å². The number of amides is 1. The quantitative estimate of drug-likeness (QED) is 0.790. The number of ether oxygens (including phenoxy) is 2. The molecule has 144 valence electrons. The number of carbonyl (C=O) groups excluding carboxylic acids is 1. The van der Waals surface area contributed by atoms with Crippen molar-refractivity contribution >= 4 is 21.6 Å². The fraction of sp³-hybridized carbons (Fsp3) is 0.316. The fourth-order valence-corrected chi connectivity index (χ4v) is 4.02. The molecule has 2 N–H and O–H groups in total. The Labute approximate surface area is 158 Å². The highest BCUT2D eigenvalue weighted by atomic mass is 32.2. The molecular weight excluding hydrogens is 368 g/mol. The van der Waals surface area contributed by atoms with Gasteiger partial charge in [0, 0.05) is 11.8 Å². The number of hydrogen-bond donors (Lipinski definition) is 2. The Balaban J connectivity index is 1.79. The molecule has 0 aliphatic carbocycles. The maximum absolute atomic E-state index is 12.8. The predicted octanol–water partition coefficient (Wildman–Crippen LogP) is 2.40.